The third kappa shape index (κ3) is 1.51. The first-order valence-electron chi connectivity index (χ1n) is 7.58. The summed E-state index contributed by atoms with van der Waals surface area (Å²) in [6.45, 7) is 3.50. The third-order valence-corrected chi connectivity index (χ3v) is 5.25. The Morgan fingerprint density at radius 1 is 1.25 bits per heavy atom. The topological polar surface area (TPSA) is 127 Å². The van der Waals surface area contributed by atoms with Gasteiger partial charge in [-0.05, 0) is 12.1 Å². The van der Waals surface area contributed by atoms with Crippen molar-refractivity contribution in [2.45, 2.75) is 32.2 Å². The Balaban J connectivity index is 2.34. The van der Waals surface area contributed by atoms with Crippen molar-refractivity contribution in [1.29, 1.82) is 21.2 Å². The second kappa shape index (κ2) is 5.03. The number of hydrogen-bond donors (Lipinski definition) is 1. The van der Waals surface area contributed by atoms with E-state index in [-0.39, 0.29) is 5.90 Å². The van der Waals surface area contributed by atoms with E-state index in [0.717, 1.165) is 0 Å². The summed E-state index contributed by atoms with van der Waals surface area (Å²) in [5, 5.41) is 38.0. The molecule has 0 unspecified atom stereocenters. The van der Waals surface area contributed by atoms with Crippen molar-refractivity contribution < 1.29 is 9.47 Å². The fraction of sp³-hybridized carbons (Fsp3) is 0.471. The fourth-order valence-electron chi connectivity index (χ4n) is 3.84. The van der Waals surface area contributed by atoms with Crippen molar-refractivity contribution >= 4 is 5.90 Å². The van der Waals surface area contributed by atoms with E-state index in [2.05, 4.69) is 11.1 Å². The first-order chi connectivity index (χ1) is 11.5. The Bertz CT molecular complexity index is 804. The lowest BCUT2D eigenvalue weighted by Gasteiger charge is -2.48. The van der Waals surface area contributed by atoms with Crippen LogP contribution in [-0.4, -0.2) is 16.7 Å². The number of nitrogens with one attached hydrogen (secondary N) is 1. The molecule has 0 radical (unpaired) electrons. The van der Waals surface area contributed by atoms with Gasteiger partial charge in [0.2, 0.25) is 17.1 Å². The minimum Gasteiger partial charge on any atom is -0.447 e. The molecule has 3 heterocycles. The smallest absolute Gasteiger partial charge is 0.217 e. The quantitative estimate of drug-likeness (QED) is 0.891. The van der Waals surface area contributed by atoms with Crippen LogP contribution in [0.3, 0.4) is 0 Å². The molecule has 24 heavy (non-hydrogen) atoms. The minimum atomic E-state index is -1.93. The molecule has 0 aromatic carbocycles. The van der Waals surface area contributed by atoms with Crippen molar-refractivity contribution in [3.8, 4) is 18.2 Å². The van der Waals surface area contributed by atoms with Gasteiger partial charge in [-0.15, -0.1) is 0 Å². The molecule has 2 aliphatic rings. The molecule has 2 bridgehead atoms. The number of nitrogens with zero attached hydrogens (tertiary/aromatic N) is 4. The summed E-state index contributed by atoms with van der Waals surface area (Å²) in [5.74, 6) is -2.26. The standard InChI is InChI=1S/C17H15N5O2/c1-3-17-11(2)16(10-20,14(21)24-17)15(8-18,9-19)13(23-17)12-6-4-5-7-22-12/h4-7,11,13,21H,3H2,1-2H3/t11-,13-,16+,17+/m1/s1. The summed E-state index contributed by atoms with van der Waals surface area (Å²) in [6.07, 6.45) is 0.811. The molecule has 1 aromatic rings. The van der Waals surface area contributed by atoms with Crippen LogP contribution in [0.5, 0.6) is 0 Å². The number of nitriles is 3. The summed E-state index contributed by atoms with van der Waals surface area (Å²) < 4.78 is 11.7. The van der Waals surface area contributed by atoms with Crippen LogP contribution < -0.4 is 0 Å². The van der Waals surface area contributed by atoms with Gasteiger partial charge >= 0.3 is 0 Å². The van der Waals surface area contributed by atoms with E-state index in [1.54, 1.807) is 25.1 Å². The van der Waals surface area contributed by atoms with E-state index in [1.165, 1.54) is 6.20 Å². The van der Waals surface area contributed by atoms with Crippen LogP contribution in [0.4, 0.5) is 0 Å². The molecule has 7 heteroatoms. The number of pyridine rings is 1. The second-order valence-electron chi connectivity index (χ2n) is 6.02. The molecule has 0 amide bonds. The number of aromatic nitrogens is 1. The molecule has 0 spiro atoms. The normalized spacial score (nSPS) is 36.0. The molecule has 2 saturated heterocycles. The van der Waals surface area contributed by atoms with E-state index in [0.29, 0.717) is 12.1 Å². The van der Waals surface area contributed by atoms with Gasteiger partial charge in [0.15, 0.2) is 5.41 Å². The Morgan fingerprint density at radius 3 is 2.46 bits per heavy atom. The molecule has 120 valence electrons. The lowest BCUT2D eigenvalue weighted by atomic mass is 9.54. The monoisotopic (exact) mass is 321 g/mol. The van der Waals surface area contributed by atoms with Crippen molar-refractivity contribution in [1.82, 2.24) is 4.98 Å². The molecule has 2 aliphatic heterocycles. The van der Waals surface area contributed by atoms with E-state index in [9.17, 15) is 15.8 Å². The molecule has 4 atom stereocenters. The molecule has 7 nitrogen and oxygen atoms in total. The summed E-state index contributed by atoms with van der Waals surface area (Å²) >= 11 is 0. The highest BCUT2D eigenvalue weighted by atomic mass is 16.7. The lowest BCUT2D eigenvalue weighted by molar-refractivity contribution is -0.281. The summed E-state index contributed by atoms with van der Waals surface area (Å²) in [5.41, 5.74) is -3.28. The first kappa shape index (κ1) is 15.9. The second-order valence-corrected chi connectivity index (χ2v) is 6.02. The SMILES string of the molecule is CC[C@]12OC(=N)[C@](C#N)([C@H]1C)C(C#N)(C#N)[C@@H](c1ccccn1)O2. The van der Waals surface area contributed by atoms with Gasteiger partial charge in [0, 0.05) is 12.6 Å². The summed E-state index contributed by atoms with van der Waals surface area (Å²) in [7, 11) is 0. The van der Waals surface area contributed by atoms with Gasteiger partial charge in [0.05, 0.1) is 29.8 Å². The Morgan fingerprint density at radius 2 is 1.96 bits per heavy atom. The predicted octanol–water partition coefficient (Wildman–Crippen LogP) is 2.45. The van der Waals surface area contributed by atoms with Gasteiger partial charge < -0.3 is 9.47 Å². The van der Waals surface area contributed by atoms with Gasteiger partial charge in [-0.25, -0.2) is 0 Å². The van der Waals surface area contributed by atoms with Crippen LogP contribution in [0.2, 0.25) is 0 Å². The van der Waals surface area contributed by atoms with Gasteiger partial charge in [-0.3, -0.25) is 10.4 Å². The molecule has 1 aromatic heterocycles. The van der Waals surface area contributed by atoms with Crippen LogP contribution in [0.15, 0.2) is 24.4 Å². The van der Waals surface area contributed by atoms with Crippen molar-refractivity contribution in [3.05, 3.63) is 30.1 Å². The van der Waals surface area contributed by atoms with Gasteiger partial charge in [0.1, 0.15) is 6.10 Å². The fourth-order valence-corrected chi connectivity index (χ4v) is 3.84. The molecule has 2 fully saturated rings. The predicted molar refractivity (Wildman–Crippen MR) is 80.8 cm³/mol. The summed E-state index contributed by atoms with van der Waals surface area (Å²) in [4.78, 5) is 4.21. The van der Waals surface area contributed by atoms with E-state index >= 15 is 0 Å². The van der Waals surface area contributed by atoms with Crippen LogP contribution >= 0.6 is 0 Å². The number of fused-ring (bicyclic) bond motifs is 2. The Labute approximate surface area is 139 Å². The van der Waals surface area contributed by atoms with E-state index in [4.69, 9.17) is 14.9 Å². The molecule has 1 N–H and O–H groups in total. The average Bonchev–Trinajstić information content (AvgIpc) is 2.78. The zero-order valence-electron chi connectivity index (χ0n) is 13.3. The van der Waals surface area contributed by atoms with Crippen LogP contribution in [0.1, 0.15) is 32.1 Å². The van der Waals surface area contributed by atoms with E-state index < -0.39 is 28.6 Å². The highest BCUT2D eigenvalue weighted by molar-refractivity contribution is 5.89. The van der Waals surface area contributed by atoms with Gasteiger partial charge in [0.25, 0.3) is 0 Å². The number of hydrogen-bond acceptors (Lipinski definition) is 7. The zero-order chi connectivity index (χ0) is 17.6. The van der Waals surface area contributed by atoms with Crippen LogP contribution in [-0.2, 0) is 9.47 Å². The van der Waals surface area contributed by atoms with Crippen molar-refractivity contribution in [2.24, 2.45) is 16.7 Å². The maximum Gasteiger partial charge on any atom is 0.217 e. The maximum atomic E-state index is 9.93. The van der Waals surface area contributed by atoms with Crippen LogP contribution in [0, 0.1) is 56.2 Å². The zero-order valence-corrected chi connectivity index (χ0v) is 13.3. The molecule has 0 aliphatic carbocycles. The third-order valence-electron chi connectivity index (χ3n) is 5.25. The highest BCUT2D eigenvalue weighted by Gasteiger charge is 2.79. The lowest BCUT2D eigenvalue weighted by Crippen LogP contribution is -2.58. The van der Waals surface area contributed by atoms with E-state index in [1.807, 2.05) is 19.1 Å². The Kier molecular flexibility index (Phi) is 3.34. The van der Waals surface area contributed by atoms with Gasteiger partial charge in [-0.2, -0.15) is 15.8 Å². The molecular weight excluding hydrogens is 306 g/mol. The van der Waals surface area contributed by atoms with Gasteiger partial charge in [-0.1, -0.05) is 19.9 Å². The van der Waals surface area contributed by atoms with Crippen molar-refractivity contribution in [2.75, 3.05) is 0 Å². The molecular formula is C17H15N5O2. The van der Waals surface area contributed by atoms with Crippen LogP contribution in [0.25, 0.3) is 0 Å². The van der Waals surface area contributed by atoms with Crippen molar-refractivity contribution in [3.63, 3.8) is 0 Å². The molecule has 0 saturated carbocycles. The maximum absolute atomic E-state index is 9.93. The summed E-state index contributed by atoms with van der Waals surface area (Å²) in [6, 6.07) is 11.1. The number of ether oxygens (including phenoxy) is 2. The molecule has 3 rings (SSSR count). The average molecular weight is 321 g/mol. The minimum absolute atomic E-state index is 0.364. The Hall–Kier alpha value is -2.95. The largest absolute Gasteiger partial charge is 0.447 e. The number of rotatable bonds is 2. The highest BCUT2D eigenvalue weighted by Crippen LogP contribution is 2.66. The first-order valence-corrected chi connectivity index (χ1v) is 7.58.